The third-order valence-corrected chi connectivity index (χ3v) is 7.05. The van der Waals surface area contributed by atoms with E-state index in [1.54, 1.807) is 26.0 Å². The highest BCUT2D eigenvalue weighted by Gasteiger charge is 2.29. The van der Waals surface area contributed by atoms with Crippen LogP contribution in [0.25, 0.3) is 0 Å². The Balaban J connectivity index is 2.05. The van der Waals surface area contributed by atoms with Crippen molar-refractivity contribution in [2.24, 2.45) is 0 Å². The smallest absolute Gasteiger partial charge is 0.323 e. The maximum absolute atomic E-state index is 13.5. The maximum Gasteiger partial charge on any atom is 0.323 e. The molecule has 2 N–H and O–H groups in total. The molecule has 0 bridgehead atoms. The Hall–Kier alpha value is -1.67. The number of esters is 1. The van der Waals surface area contributed by atoms with Crippen LogP contribution in [0.2, 0.25) is 0 Å². The van der Waals surface area contributed by atoms with Gasteiger partial charge in [0.25, 0.3) is 0 Å². The zero-order chi connectivity index (χ0) is 22.0. The molecule has 1 unspecified atom stereocenters. The van der Waals surface area contributed by atoms with E-state index in [1.807, 2.05) is 48.5 Å². The van der Waals surface area contributed by atoms with Gasteiger partial charge in [-0.15, -0.1) is 0 Å². The summed E-state index contributed by atoms with van der Waals surface area (Å²) in [5, 5.41) is 12.0. The van der Waals surface area contributed by atoms with Crippen LogP contribution >= 0.6 is 30.1 Å². The van der Waals surface area contributed by atoms with Crippen LogP contribution in [0.1, 0.15) is 25.8 Å². The predicted molar refractivity (Wildman–Crippen MR) is 127 cm³/mol. The molecule has 162 valence electrons. The van der Waals surface area contributed by atoms with Gasteiger partial charge in [0.1, 0.15) is 18.4 Å². The minimum Gasteiger partial charge on any atom is -0.460 e. The average molecular weight is 543 g/mol. The van der Waals surface area contributed by atoms with Gasteiger partial charge in [-0.3, -0.25) is 9.36 Å². The molecule has 0 spiro atoms. The molecule has 0 aromatic heterocycles. The number of allylic oxidation sites excluding steroid dienone is 1. The van der Waals surface area contributed by atoms with Gasteiger partial charge in [0.2, 0.25) is 0 Å². The first-order valence-corrected chi connectivity index (χ1v) is 12.5. The van der Waals surface area contributed by atoms with Gasteiger partial charge in [0.15, 0.2) is 0 Å². The van der Waals surface area contributed by atoms with E-state index in [0.717, 1.165) is 14.7 Å². The van der Waals surface area contributed by atoms with Gasteiger partial charge in [-0.2, -0.15) is 0 Å². The number of aliphatic hydroxyl groups is 1. The molecule has 2 rings (SSSR count). The van der Waals surface area contributed by atoms with Gasteiger partial charge < -0.3 is 14.4 Å². The fourth-order valence-corrected chi connectivity index (χ4v) is 4.81. The number of hydrogen-bond donors (Lipinski definition) is 2. The Morgan fingerprint density at radius 3 is 2.50 bits per heavy atom. The number of carbonyl (C=O) groups excluding carboxylic acids is 1. The molecule has 0 fully saturated rings. The Labute approximate surface area is 191 Å². The van der Waals surface area contributed by atoms with Crippen LogP contribution in [0, 0.1) is 3.57 Å². The summed E-state index contributed by atoms with van der Waals surface area (Å²) in [4.78, 5) is 12.4. The fourth-order valence-electron chi connectivity index (χ4n) is 2.55. The number of nitrogens with one attached hydrogen (secondary N) is 1. The van der Waals surface area contributed by atoms with Gasteiger partial charge in [-0.05, 0) is 72.7 Å². The van der Waals surface area contributed by atoms with Crippen molar-refractivity contribution in [3.05, 3.63) is 75.4 Å². The summed E-state index contributed by atoms with van der Waals surface area (Å²) in [6.45, 7) is 3.48. The Morgan fingerprint density at radius 1 is 1.20 bits per heavy atom. The summed E-state index contributed by atoms with van der Waals surface area (Å²) in [7, 11) is -3.41. The number of ether oxygens (including phenoxy) is 1. The van der Waals surface area contributed by atoms with Crippen molar-refractivity contribution in [1.29, 1.82) is 0 Å². The van der Waals surface area contributed by atoms with Crippen molar-refractivity contribution in [3.8, 4) is 5.75 Å². The van der Waals surface area contributed by atoms with Crippen molar-refractivity contribution < 1.29 is 23.7 Å². The van der Waals surface area contributed by atoms with Gasteiger partial charge >= 0.3 is 13.5 Å². The minimum atomic E-state index is -3.41. The molecule has 0 aliphatic carbocycles. The summed E-state index contributed by atoms with van der Waals surface area (Å²) >= 11 is 2.18. The standard InChI is InChI=1S/C22H27INO5P/c1-17(15-25)7-6-14-30(27,29-21-12-10-20(23)11-13-21)24-18(2)22(26)28-16-19-8-4-3-5-9-19/h3-5,7-13,18,25H,6,14-16H2,1-2H3,(H,24,27)/b17-7+/t18-,30?/m0/s1. The van der Waals surface area contributed by atoms with Gasteiger partial charge in [0, 0.05) is 3.57 Å². The highest BCUT2D eigenvalue weighted by Crippen LogP contribution is 2.44. The number of rotatable bonds is 11. The van der Waals surface area contributed by atoms with Gasteiger partial charge in [0.05, 0.1) is 12.8 Å². The quantitative estimate of drug-likeness (QED) is 0.181. The second kappa shape index (κ2) is 12.2. The van der Waals surface area contributed by atoms with Crippen LogP contribution in [-0.2, 0) is 20.7 Å². The number of halogens is 1. The van der Waals surface area contributed by atoms with E-state index in [-0.39, 0.29) is 19.4 Å². The molecule has 0 saturated heterocycles. The third kappa shape index (κ3) is 8.60. The zero-order valence-corrected chi connectivity index (χ0v) is 20.1. The lowest BCUT2D eigenvalue weighted by Gasteiger charge is -2.23. The molecule has 0 aliphatic heterocycles. The molecule has 0 heterocycles. The normalized spacial score (nSPS) is 14.6. The highest BCUT2D eigenvalue weighted by molar-refractivity contribution is 14.1. The average Bonchev–Trinajstić information content (AvgIpc) is 2.74. The van der Waals surface area contributed by atoms with Crippen molar-refractivity contribution >= 4 is 36.1 Å². The van der Waals surface area contributed by atoms with Crippen LogP contribution in [0.4, 0.5) is 0 Å². The molecule has 0 amide bonds. The van der Waals surface area contributed by atoms with E-state index in [4.69, 9.17) is 14.4 Å². The summed E-state index contributed by atoms with van der Waals surface area (Å²) < 4.78 is 25.7. The topological polar surface area (TPSA) is 84.9 Å². The van der Waals surface area contributed by atoms with E-state index < -0.39 is 19.5 Å². The summed E-state index contributed by atoms with van der Waals surface area (Å²) in [6, 6.07) is 15.7. The molecule has 6 nitrogen and oxygen atoms in total. The maximum atomic E-state index is 13.5. The predicted octanol–water partition coefficient (Wildman–Crippen LogP) is 4.91. The van der Waals surface area contributed by atoms with Crippen LogP contribution in [-0.4, -0.2) is 29.9 Å². The second-order valence-electron chi connectivity index (χ2n) is 6.88. The molecule has 0 saturated carbocycles. The first-order valence-electron chi connectivity index (χ1n) is 9.60. The first-order chi connectivity index (χ1) is 14.3. The van der Waals surface area contributed by atoms with E-state index in [2.05, 4.69) is 27.7 Å². The molecule has 30 heavy (non-hydrogen) atoms. The van der Waals surface area contributed by atoms with E-state index in [0.29, 0.717) is 12.2 Å². The number of aliphatic hydroxyl groups excluding tert-OH is 1. The molecule has 0 aliphatic rings. The molecule has 8 heteroatoms. The number of benzene rings is 2. The number of carbonyl (C=O) groups is 1. The Bertz CT molecular complexity index is 886. The molecule has 2 aromatic carbocycles. The Kier molecular flexibility index (Phi) is 10.0. The van der Waals surface area contributed by atoms with Crippen molar-refractivity contribution in [2.45, 2.75) is 32.9 Å². The second-order valence-corrected chi connectivity index (χ2v) is 10.4. The van der Waals surface area contributed by atoms with Gasteiger partial charge in [-0.25, -0.2) is 5.09 Å². The summed E-state index contributed by atoms with van der Waals surface area (Å²) in [5.41, 5.74) is 1.66. The van der Waals surface area contributed by atoms with Crippen LogP contribution < -0.4 is 9.61 Å². The third-order valence-electron chi connectivity index (χ3n) is 4.20. The summed E-state index contributed by atoms with van der Waals surface area (Å²) in [6.07, 6.45) is 2.42. The Morgan fingerprint density at radius 2 is 1.87 bits per heavy atom. The molecule has 0 radical (unpaired) electrons. The monoisotopic (exact) mass is 543 g/mol. The zero-order valence-electron chi connectivity index (χ0n) is 17.1. The van der Waals surface area contributed by atoms with Crippen LogP contribution in [0.5, 0.6) is 5.75 Å². The van der Waals surface area contributed by atoms with Crippen molar-refractivity contribution in [2.75, 3.05) is 12.8 Å². The van der Waals surface area contributed by atoms with Gasteiger partial charge in [-0.1, -0.05) is 42.0 Å². The van der Waals surface area contributed by atoms with Crippen LogP contribution in [0.15, 0.2) is 66.2 Å². The molecular weight excluding hydrogens is 516 g/mol. The molecule has 2 atom stereocenters. The lowest BCUT2D eigenvalue weighted by molar-refractivity contribution is -0.146. The van der Waals surface area contributed by atoms with Crippen molar-refractivity contribution in [1.82, 2.24) is 5.09 Å². The fraction of sp³-hybridized carbons (Fsp3) is 0.318. The largest absolute Gasteiger partial charge is 0.460 e. The lowest BCUT2D eigenvalue weighted by Crippen LogP contribution is -2.35. The van der Waals surface area contributed by atoms with Crippen LogP contribution in [0.3, 0.4) is 0 Å². The lowest BCUT2D eigenvalue weighted by atomic mass is 10.2. The molecule has 2 aromatic rings. The minimum absolute atomic E-state index is 0.0576. The number of hydrogen-bond acceptors (Lipinski definition) is 5. The summed E-state index contributed by atoms with van der Waals surface area (Å²) in [5.74, 6) is -0.0497. The van der Waals surface area contributed by atoms with E-state index in [9.17, 15) is 9.36 Å². The van der Waals surface area contributed by atoms with E-state index >= 15 is 0 Å². The molecular formula is C22H27INO5P. The first kappa shape index (κ1) is 24.6. The SMILES string of the molecule is C/C(=C\CCP(=O)(N[C@@H](C)C(=O)OCc1ccccc1)Oc1ccc(I)cc1)CO. The highest BCUT2D eigenvalue weighted by atomic mass is 127. The van der Waals surface area contributed by atoms with Crippen molar-refractivity contribution in [3.63, 3.8) is 0 Å². The van der Waals surface area contributed by atoms with E-state index in [1.165, 1.54) is 0 Å².